The Morgan fingerprint density at radius 2 is 1.58 bits per heavy atom. The van der Waals surface area contributed by atoms with Crippen molar-refractivity contribution in [2.24, 2.45) is 0 Å². The van der Waals surface area contributed by atoms with Crippen LogP contribution in [0.15, 0.2) is 12.1 Å². The number of fused-ring (bicyclic) bond motifs is 1. The van der Waals surface area contributed by atoms with Gasteiger partial charge < -0.3 is 4.74 Å². The number of thiophene rings is 2. The first-order chi connectivity index (χ1) is 12.7. The highest BCUT2D eigenvalue weighted by molar-refractivity contribution is 7.28. The molecule has 0 aliphatic rings. The Morgan fingerprint density at radius 1 is 0.923 bits per heavy atom. The predicted molar refractivity (Wildman–Crippen MR) is 120 cm³/mol. The minimum Gasteiger partial charge on any atom is -0.484 e. The average Bonchev–Trinajstić information content (AvgIpc) is 3.20. The van der Waals surface area contributed by atoms with Crippen LogP contribution in [0.1, 0.15) is 102 Å². The lowest BCUT2D eigenvalue weighted by Crippen LogP contribution is -1.95. The lowest BCUT2D eigenvalue weighted by molar-refractivity contribution is 0.313. The maximum absolute atomic E-state index is 5.99. The summed E-state index contributed by atoms with van der Waals surface area (Å²) in [5.41, 5.74) is 0. The molecule has 2 heterocycles. The highest BCUT2D eigenvalue weighted by atomic mass is 32.1. The Morgan fingerprint density at radius 3 is 2.23 bits per heavy atom. The van der Waals surface area contributed by atoms with Crippen LogP contribution < -0.4 is 4.74 Å². The molecule has 0 saturated heterocycles. The van der Waals surface area contributed by atoms with Gasteiger partial charge in [-0.3, -0.25) is 0 Å². The standard InChI is InChI=1S/C23H37OS2/c1-4-6-8-9-10-11-12-13-14-16-24-23-18-22-21(26-23)17-20(25-22)19(3)15-7-5-2/h5,17-19H,4,6-16H2,1-3H3. The molecule has 0 amide bonds. The van der Waals surface area contributed by atoms with Crippen LogP contribution in [0, 0.1) is 6.42 Å². The molecule has 0 saturated carbocycles. The highest BCUT2D eigenvalue weighted by Crippen LogP contribution is 2.40. The molecule has 26 heavy (non-hydrogen) atoms. The third kappa shape index (κ3) is 7.60. The first kappa shape index (κ1) is 21.8. The number of unbranched alkanes of at least 4 members (excludes halogenated alkanes) is 9. The van der Waals surface area contributed by atoms with Crippen molar-refractivity contribution in [3.8, 4) is 5.06 Å². The Bertz CT molecular complexity index is 567. The van der Waals surface area contributed by atoms with Crippen molar-refractivity contribution < 1.29 is 4.74 Å². The van der Waals surface area contributed by atoms with Gasteiger partial charge in [0, 0.05) is 20.3 Å². The van der Waals surface area contributed by atoms with Gasteiger partial charge in [-0.15, -0.1) is 11.3 Å². The molecule has 0 fully saturated rings. The largest absolute Gasteiger partial charge is 0.484 e. The van der Waals surface area contributed by atoms with Gasteiger partial charge >= 0.3 is 0 Å². The normalized spacial score (nSPS) is 12.7. The van der Waals surface area contributed by atoms with E-state index in [2.05, 4.69) is 39.3 Å². The van der Waals surface area contributed by atoms with E-state index < -0.39 is 0 Å². The fraction of sp³-hybridized carbons (Fsp3) is 0.696. The van der Waals surface area contributed by atoms with Gasteiger partial charge in [0.2, 0.25) is 0 Å². The van der Waals surface area contributed by atoms with Gasteiger partial charge in [0.25, 0.3) is 0 Å². The Kier molecular flexibility index (Phi) is 10.7. The molecule has 3 heteroatoms. The fourth-order valence-corrected chi connectivity index (χ4v) is 5.65. The topological polar surface area (TPSA) is 9.23 Å². The van der Waals surface area contributed by atoms with E-state index in [0.29, 0.717) is 5.92 Å². The molecule has 0 aliphatic heterocycles. The van der Waals surface area contributed by atoms with Crippen molar-refractivity contribution in [3.05, 3.63) is 23.4 Å². The molecule has 1 atom stereocenters. The first-order valence-corrected chi connectivity index (χ1v) is 12.3. The fourth-order valence-electron chi connectivity index (χ4n) is 3.29. The minimum atomic E-state index is 0.669. The van der Waals surface area contributed by atoms with Crippen LogP contribution in [0.25, 0.3) is 9.40 Å². The molecular formula is C23H37OS2. The van der Waals surface area contributed by atoms with E-state index >= 15 is 0 Å². The van der Waals surface area contributed by atoms with Crippen LogP contribution in [0.3, 0.4) is 0 Å². The molecule has 147 valence electrons. The third-order valence-electron chi connectivity index (χ3n) is 5.07. The zero-order chi connectivity index (χ0) is 18.6. The number of hydrogen-bond acceptors (Lipinski definition) is 3. The molecule has 0 aromatic carbocycles. The molecule has 1 nitrogen and oxygen atoms in total. The van der Waals surface area contributed by atoms with Gasteiger partial charge in [-0.2, -0.15) is 0 Å². The van der Waals surface area contributed by atoms with E-state index in [1.165, 1.54) is 84.9 Å². The molecule has 1 radical (unpaired) electrons. The molecule has 0 aliphatic carbocycles. The van der Waals surface area contributed by atoms with E-state index in [1.807, 2.05) is 22.7 Å². The van der Waals surface area contributed by atoms with Crippen molar-refractivity contribution >= 4 is 32.1 Å². The molecule has 2 aromatic rings. The quantitative estimate of drug-likeness (QED) is 0.274. The van der Waals surface area contributed by atoms with Crippen molar-refractivity contribution in [2.45, 2.75) is 97.3 Å². The van der Waals surface area contributed by atoms with E-state index in [0.717, 1.165) is 11.7 Å². The van der Waals surface area contributed by atoms with Crippen molar-refractivity contribution in [1.82, 2.24) is 0 Å². The average molecular weight is 394 g/mol. The highest BCUT2D eigenvalue weighted by Gasteiger charge is 2.12. The maximum Gasteiger partial charge on any atom is 0.175 e. The van der Waals surface area contributed by atoms with Gasteiger partial charge in [0.1, 0.15) is 0 Å². The van der Waals surface area contributed by atoms with E-state index in [9.17, 15) is 0 Å². The number of hydrogen-bond donors (Lipinski definition) is 0. The Hall–Kier alpha value is -0.540. The molecule has 1 unspecified atom stereocenters. The van der Waals surface area contributed by atoms with Crippen LogP contribution in [0.2, 0.25) is 0 Å². The summed E-state index contributed by atoms with van der Waals surface area (Å²) in [6.07, 6.45) is 17.0. The zero-order valence-electron chi connectivity index (χ0n) is 17.0. The van der Waals surface area contributed by atoms with Crippen LogP contribution in [0.5, 0.6) is 5.06 Å². The van der Waals surface area contributed by atoms with Gasteiger partial charge in [-0.25, -0.2) is 0 Å². The smallest absolute Gasteiger partial charge is 0.175 e. The summed E-state index contributed by atoms with van der Waals surface area (Å²) in [5.74, 6) is 0.669. The molecule has 0 N–H and O–H groups in total. The van der Waals surface area contributed by atoms with Gasteiger partial charge in [-0.1, -0.05) is 83.5 Å². The lowest BCUT2D eigenvalue weighted by Gasteiger charge is -2.07. The van der Waals surface area contributed by atoms with Crippen LogP contribution >= 0.6 is 22.7 Å². The predicted octanol–water partition coefficient (Wildman–Crippen LogP) is 8.98. The van der Waals surface area contributed by atoms with Crippen molar-refractivity contribution in [2.75, 3.05) is 6.61 Å². The van der Waals surface area contributed by atoms with E-state index in [4.69, 9.17) is 4.74 Å². The lowest BCUT2D eigenvalue weighted by atomic mass is 10.0. The van der Waals surface area contributed by atoms with E-state index in [-0.39, 0.29) is 0 Å². The third-order valence-corrected chi connectivity index (χ3v) is 7.51. The SMILES string of the molecule is C[CH]CCC(C)c1cc2sc(OCCCCCCCCCCC)cc2s1. The minimum absolute atomic E-state index is 0.669. The Labute approximate surface area is 169 Å². The zero-order valence-corrected chi connectivity index (χ0v) is 18.7. The number of ether oxygens (including phenoxy) is 1. The summed E-state index contributed by atoms with van der Waals surface area (Å²) in [6, 6.07) is 4.64. The summed E-state index contributed by atoms with van der Waals surface area (Å²) < 4.78 is 8.80. The van der Waals surface area contributed by atoms with Crippen LogP contribution in [0.4, 0.5) is 0 Å². The molecule has 0 spiro atoms. The molecular weight excluding hydrogens is 356 g/mol. The van der Waals surface area contributed by atoms with Crippen LogP contribution in [-0.2, 0) is 0 Å². The monoisotopic (exact) mass is 393 g/mol. The van der Waals surface area contributed by atoms with Crippen molar-refractivity contribution in [3.63, 3.8) is 0 Å². The second-order valence-electron chi connectivity index (χ2n) is 7.51. The molecule has 2 rings (SSSR count). The van der Waals surface area contributed by atoms with Crippen molar-refractivity contribution in [1.29, 1.82) is 0 Å². The van der Waals surface area contributed by atoms with Gasteiger partial charge in [0.15, 0.2) is 5.06 Å². The number of rotatable bonds is 15. The first-order valence-electron chi connectivity index (χ1n) is 10.7. The summed E-state index contributed by atoms with van der Waals surface area (Å²) in [5, 5.41) is 1.10. The summed E-state index contributed by atoms with van der Waals surface area (Å²) in [4.78, 5) is 1.53. The summed E-state index contributed by atoms with van der Waals surface area (Å²) in [7, 11) is 0. The Balaban J connectivity index is 1.60. The summed E-state index contributed by atoms with van der Waals surface area (Å²) >= 11 is 3.77. The van der Waals surface area contributed by atoms with Gasteiger partial charge in [0.05, 0.1) is 6.61 Å². The molecule has 0 bridgehead atoms. The summed E-state index contributed by atoms with van der Waals surface area (Å²) in [6.45, 7) is 7.65. The second-order valence-corrected chi connectivity index (χ2v) is 9.67. The van der Waals surface area contributed by atoms with Crippen LogP contribution in [-0.4, -0.2) is 6.61 Å². The van der Waals surface area contributed by atoms with Gasteiger partial charge in [-0.05, 0) is 37.7 Å². The molecule has 2 aromatic heterocycles. The second kappa shape index (κ2) is 12.8. The van der Waals surface area contributed by atoms with E-state index in [1.54, 1.807) is 0 Å². The maximum atomic E-state index is 5.99.